The van der Waals surface area contributed by atoms with E-state index >= 15 is 0 Å². The van der Waals surface area contributed by atoms with Crippen LogP contribution in [0.3, 0.4) is 0 Å². The average molecular weight is 278 g/mol. The molecule has 1 aromatic rings. The lowest BCUT2D eigenvalue weighted by Crippen LogP contribution is -2.57. The van der Waals surface area contributed by atoms with Crippen LogP contribution in [0.4, 0.5) is 11.6 Å². The number of hydrogen-bond acceptors (Lipinski definition) is 6. The molecule has 0 amide bonds. The third-order valence-corrected chi connectivity index (χ3v) is 4.49. The second-order valence-corrected chi connectivity index (χ2v) is 6.04. The van der Waals surface area contributed by atoms with Gasteiger partial charge in [-0.25, -0.2) is 15.8 Å². The first-order valence-corrected chi connectivity index (χ1v) is 7.10. The number of aryl methyl sites for hydroxylation is 1. The highest BCUT2D eigenvalue weighted by Crippen LogP contribution is 2.37. The van der Waals surface area contributed by atoms with Crippen LogP contribution in [0.2, 0.25) is 0 Å². The van der Waals surface area contributed by atoms with Crippen molar-refractivity contribution in [1.82, 2.24) is 14.9 Å². The SMILES string of the molecule is Cc1nc(NN)c(C)c(N(C)CC2(N(C)C)CCC2)n1. The molecule has 6 nitrogen and oxygen atoms in total. The van der Waals surface area contributed by atoms with Crippen molar-refractivity contribution in [2.75, 3.05) is 38.0 Å². The Hall–Kier alpha value is -1.40. The van der Waals surface area contributed by atoms with Gasteiger partial charge in [0.2, 0.25) is 0 Å². The summed E-state index contributed by atoms with van der Waals surface area (Å²) in [6, 6.07) is 0. The molecule has 1 aromatic heterocycles. The summed E-state index contributed by atoms with van der Waals surface area (Å²) >= 11 is 0. The van der Waals surface area contributed by atoms with Crippen molar-refractivity contribution in [1.29, 1.82) is 0 Å². The fraction of sp³-hybridized carbons (Fsp3) is 0.714. The molecule has 1 aliphatic rings. The zero-order valence-corrected chi connectivity index (χ0v) is 13.2. The minimum Gasteiger partial charge on any atom is -0.357 e. The number of nitrogens with two attached hydrogens (primary N) is 1. The molecule has 112 valence electrons. The number of hydrogen-bond donors (Lipinski definition) is 2. The van der Waals surface area contributed by atoms with Gasteiger partial charge in [0.1, 0.15) is 17.5 Å². The van der Waals surface area contributed by atoms with Gasteiger partial charge in [-0.2, -0.15) is 0 Å². The lowest BCUT2D eigenvalue weighted by molar-refractivity contribution is 0.0681. The number of nitrogen functional groups attached to an aromatic ring is 1. The Morgan fingerprint density at radius 3 is 2.30 bits per heavy atom. The summed E-state index contributed by atoms with van der Waals surface area (Å²) in [4.78, 5) is 13.5. The molecule has 0 bridgehead atoms. The third kappa shape index (κ3) is 2.58. The van der Waals surface area contributed by atoms with Gasteiger partial charge in [-0.3, -0.25) is 0 Å². The van der Waals surface area contributed by atoms with Gasteiger partial charge in [-0.05, 0) is 47.2 Å². The number of rotatable bonds is 5. The van der Waals surface area contributed by atoms with E-state index in [1.165, 1.54) is 19.3 Å². The van der Waals surface area contributed by atoms with Crippen LogP contribution in [0.5, 0.6) is 0 Å². The fourth-order valence-corrected chi connectivity index (χ4v) is 2.97. The molecule has 0 atom stereocenters. The summed E-state index contributed by atoms with van der Waals surface area (Å²) < 4.78 is 0. The van der Waals surface area contributed by atoms with Crippen LogP contribution in [-0.2, 0) is 0 Å². The molecule has 0 spiro atoms. The quantitative estimate of drug-likeness (QED) is 0.625. The predicted molar refractivity (Wildman–Crippen MR) is 82.9 cm³/mol. The molecular formula is C14H26N6. The summed E-state index contributed by atoms with van der Waals surface area (Å²) in [7, 11) is 6.43. The Morgan fingerprint density at radius 1 is 1.20 bits per heavy atom. The van der Waals surface area contributed by atoms with E-state index in [0.29, 0.717) is 5.82 Å². The zero-order chi connectivity index (χ0) is 14.9. The molecule has 20 heavy (non-hydrogen) atoms. The average Bonchev–Trinajstić information content (AvgIpc) is 2.35. The number of hydrazine groups is 1. The van der Waals surface area contributed by atoms with Crippen LogP contribution in [0.25, 0.3) is 0 Å². The lowest BCUT2D eigenvalue weighted by Gasteiger charge is -2.49. The number of anilines is 2. The Labute approximate surface area is 121 Å². The molecule has 1 heterocycles. The maximum absolute atomic E-state index is 5.53. The second kappa shape index (κ2) is 5.54. The molecule has 1 fully saturated rings. The Bertz CT molecular complexity index is 481. The smallest absolute Gasteiger partial charge is 0.148 e. The van der Waals surface area contributed by atoms with Gasteiger partial charge in [0, 0.05) is 24.7 Å². The van der Waals surface area contributed by atoms with Gasteiger partial charge in [0.15, 0.2) is 0 Å². The minimum atomic E-state index is 0.274. The lowest BCUT2D eigenvalue weighted by atomic mass is 9.75. The summed E-state index contributed by atoms with van der Waals surface area (Å²) in [6.07, 6.45) is 3.80. The van der Waals surface area contributed by atoms with Crippen molar-refractivity contribution in [3.8, 4) is 0 Å². The molecule has 0 saturated heterocycles. The molecule has 1 saturated carbocycles. The summed E-state index contributed by atoms with van der Waals surface area (Å²) in [6.45, 7) is 4.87. The van der Waals surface area contributed by atoms with Gasteiger partial charge in [0.05, 0.1) is 0 Å². The second-order valence-electron chi connectivity index (χ2n) is 6.04. The topological polar surface area (TPSA) is 70.3 Å². The molecule has 0 aliphatic heterocycles. The number of aromatic nitrogens is 2. The van der Waals surface area contributed by atoms with Crippen LogP contribution in [0, 0.1) is 13.8 Å². The first-order chi connectivity index (χ1) is 9.39. The van der Waals surface area contributed by atoms with Crippen LogP contribution in [0.15, 0.2) is 0 Å². The van der Waals surface area contributed by atoms with Gasteiger partial charge < -0.3 is 15.2 Å². The van der Waals surface area contributed by atoms with Crippen LogP contribution in [0.1, 0.15) is 30.7 Å². The highest BCUT2D eigenvalue weighted by molar-refractivity contribution is 5.58. The number of nitrogens with one attached hydrogen (secondary N) is 1. The van der Waals surface area contributed by atoms with E-state index in [9.17, 15) is 0 Å². The summed E-state index contributed by atoms with van der Waals surface area (Å²) in [5.74, 6) is 7.93. The standard InChI is InChI=1S/C14H26N6/c1-10-12(18-15)16-11(2)17-13(10)20(5)9-14(19(3)4)7-6-8-14/h6-9,15H2,1-5H3,(H,16,17,18). The Balaban J connectivity index is 2.25. The van der Waals surface area contributed by atoms with Crippen molar-refractivity contribution in [3.05, 3.63) is 11.4 Å². The van der Waals surface area contributed by atoms with E-state index in [2.05, 4.69) is 46.3 Å². The summed E-state index contributed by atoms with van der Waals surface area (Å²) in [5, 5.41) is 0. The van der Waals surface area contributed by atoms with E-state index < -0.39 is 0 Å². The zero-order valence-electron chi connectivity index (χ0n) is 13.2. The molecule has 0 unspecified atom stereocenters. The van der Waals surface area contributed by atoms with E-state index in [1.54, 1.807) is 0 Å². The van der Waals surface area contributed by atoms with Crippen molar-refractivity contribution in [3.63, 3.8) is 0 Å². The normalized spacial score (nSPS) is 16.9. The first-order valence-electron chi connectivity index (χ1n) is 7.10. The Morgan fingerprint density at radius 2 is 1.85 bits per heavy atom. The molecule has 1 aliphatic carbocycles. The van der Waals surface area contributed by atoms with Crippen molar-refractivity contribution in [2.45, 2.75) is 38.6 Å². The van der Waals surface area contributed by atoms with Crippen LogP contribution < -0.4 is 16.2 Å². The largest absolute Gasteiger partial charge is 0.357 e. The van der Waals surface area contributed by atoms with E-state index in [4.69, 9.17) is 5.84 Å². The predicted octanol–water partition coefficient (Wildman–Crippen LogP) is 1.30. The highest BCUT2D eigenvalue weighted by atomic mass is 15.3. The van der Waals surface area contributed by atoms with Crippen molar-refractivity contribution in [2.24, 2.45) is 5.84 Å². The van der Waals surface area contributed by atoms with Crippen LogP contribution in [-0.4, -0.2) is 48.1 Å². The molecule has 6 heteroatoms. The van der Waals surface area contributed by atoms with Gasteiger partial charge in [0.25, 0.3) is 0 Å². The first kappa shape index (κ1) is 15.0. The Kier molecular flexibility index (Phi) is 4.15. The third-order valence-electron chi connectivity index (χ3n) is 4.49. The van der Waals surface area contributed by atoms with E-state index in [0.717, 1.165) is 23.8 Å². The number of likely N-dealkylation sites (N-methyl/N-ethyl adjacent to an activating group) is 2. The van der Waals surface area contributed by atoms with Gasteiger partial charge in [-0.15, -0.1) is 0 Å². The molecule has 0 aromatic carbocycles. The monoisotopic (exact) mass is 278 g/mol. The fourth-order valence-electron chi connectivity index (χ4n) is 2.97. The van der Waals surface area contributed by atoms with Crippen molar-refractivity contribution >= 4 is 11.6 Å². The maximum atomic E-state index is 5.53. The molecular weight excluding hydrogens is 252 g/mol. The molecule has 3 N–H and O–H groups in total. The van der Waals surface area contributed by atoms with E-state index in [1.807, 2.05) is 13.8 Å². The molecule has 2 rings (SSSR count). The number of nitrogens with zero attached hydrogens (tertiary/aromatic N) is 4. The highest BCUT2D eigenvalue weighted by Gasteiger charge is 2.40. The van der Waals surface area contributed by atoms with Gasteiger partial charge in [-0.1, -0.05) is 0 Å². The molecule has 0 radical (unpaired) electrons. The maximum Gasteiger partial charge on any atom is 0.148 e. The van der Waals surface area contributed by atoms with E-state index in [-0.39, 0.29) is 5.54 Å². The van der Waals surface area contributed by atoms with Crippen molar-refractivity contribution < 1.29 is 0 Å². The summed E-state index contributed by atoms with van der Waals surface area (Å²) in [5.41, 5.74) is 3.93. The van der Waals surface area contributed by atoms with Crippen LogP contribution >= 0.6 is 0 Å². The van der Waals surface area contributed by atoms with Gasteiger partial charge >= 0.3 is 0 Å². The minimum absolute atomic E-state index is 0.274.